The van der Waals surface area contributed by atoms with Crippen LogP contribution >= 0.6 is 22.6 Å². The number of aliphatic hydroxyl groups is 1. The Kier molecular flexibility index (Phi) is 9.67. The van der Waals surface area contributed by atoms with Crippen LogP contribution in [0.1, 0.15) is 22.3 Å². The lowest BCUT2D eigenvalue weighted by Gasteiger charge is -2.15. The molecule has 0 unspecified atom stereocenters. The van der Waals surface area contributed by atoms with Crippen molar-refractivity contribution in [2.75, 3.05) is 25.1 Å². The van der Waals surface area contributed by atoms with Crippen LogP contribution in [0.3, 0.4) is 0 Å². The molecule has 0 heterocycles. The SMILES string of the molecule is O=C(O)CCON=Cc1cc(C(=O)NOCCO)c(Nc2ccc(I)cc2F)c(F)c1F. The fourth-order valence-electron chi connectivity index (χ4n) is 2.26. The molecule has 2 aromatic carbocycles. The van der Waals surface area contributed by atoms with E-state index >= 15 is 0 Å². The minimum Gasteiger partial charge on any atom is -0.481 e. The van der Waals surface area contributed by atoms with Crippen molar-refractivity contribution in [1.29, 1.82) is 0 Å². The highest BCUT2D eigenvalue weighted by molar-refractivity contribution is 14.1. The second kappa shape index (κ2) is 12.2. The van der Waals surface area contributed by atoms with Gasteiger partial charge in [-0.3, -0.25) is 14.4 Å². The quantitative estimate of drug-likeness (QED) is 0.142. The van der Waals surface area contributed by atoms with E-state index in [4.69, 9.17) is 15.1 Å². The Morgan fingerprint density at radius 2 is 1.91 bits per heavy atom. The van der Waals surface area contributed by atoms with Crippen LogP contribution in [0.5, 0.6) is 0 Å². The van der Waals surface area contributed by atoms with Crippen LogP contribution in [0.25, 0.3) is 0 Å². The Bertz CT molecular complexity index is 1020. The summed E-state index contributed by atoms with van der Waals surface area (Å²) in [5, 5.41) is 23.0. The number of rotatable bonds is 11. The van der Waals surface area contributed by atoms with Gasteiger partial charge in [-0.25, -0.2) is 18.7 Å². The maximum atomic E-state index is 14.8. The van der Waals surface area contributed by atoms with Crippen molar-refractivity contribution < 1.29 is 42.6 Å². The first kappa shape index (κ1) is 25.4. The van der Waals surface area contributed by atoms with Crippen LogP contribution in [0.4, 0.5) is 24.5 Å². The van der Waals surface area contributed by atoms with Gasteiger partial charge in [0.1, 0.15) is 12.4 Å². The number of amides is 1. The molecule has 2 rings (SSSR count). The number of carboxylic acid groups (broad SMARTS) is 1. The number of carboxylic acids is 1. The summed E-state index contributed by atoms with van der Waals surface area (Å²) in [6.07, 6.45) is 0.384. The average molecular weight is 567 g/mol. The topological polar surface area (TPSA) is 129 Å². The molecule has 1 amide bonds. The first-order valence-corrected chi connectivity index (χ1v) is 9.96. The summed E-state index contributed by atoms with van der Waals surface area (Å²) in [5.41, 5.74) is 0.0964. The maximum Gasteiger partial charge on any atom is 0.306 e. The minimum absolute atomic E-state index is 0.215. The third-order valence-electron chi connectivity index (χ3n) is 3.70. The highest BCUT2D eigenvalue weighted by Gasteiger charge is 2.23. The van der Waals surface area contributed by atoms with Gasteiger partial charge < -0.3 is 20.4 Å². The fourth-order valence-corrected chi connectivity index (χ4v) is 2.72. The number of oxime groups is 1. The van der Waals surface area contributed by atoms with E-state index < -0.39 is 52.7 Å². The van der Waals surface area contributed by atoms with Gasteiger partial charge in [0.15, 0.2) is 11.6 Å². The van der Waals surface area contributed by atoms with Crippen molar-refractivity contribution in [3.05, 3.63) is 56.4 Å². The van der Waals surface area contributed by atoms with Crippen molar-refractivity contribution >= 4 is 52.1 Å². The van der Waals surface area contributed by atoms with Gasteiger partial charge in [-0.2, -0.15) is 0 Å². The lowest BCUT2D eigenvalue weighted by Crippen LogP contribution is -2.26. The number of anilines is 2. The zero-order chi connectivity index (χ0) is 23.7. The molecular weight excluding hydrogens is 550 g/mol. The van der Waals surface area contributed by atoms with E-state index in [9.17, 15) is 22.8 Å². The number of hydrogen-bond donors (Lipinski definition) is 4. The number of nitrogens with zero attached hydrogens (tertiary/aromatic N) is 1. The molecule has 2 aromatic rings. The van der Waals surface area contributed by atoms with E-state index in [-0.39, 0.29) is 25.3 Å². The molecule has 172 valence electrons. The number of hydroxylamine groups is 1. The zero-order valence-corrected chi connectivity index (χ0v) is 18.4. The van der Waals surface area contributed by atoms with Crippen LogP contribution in [-0.4, -0.2) is 48.1 Å². The number of benzene rings is 2. The van der Waals surface area contributed by atoms with Crippen LogP contribution in [0.2, 0.25) is 0 Å². The van der Waals surface area contributed by atoms with Crippen molar-refractivity contribution in [2.24, 2.45) is 5.16 Å². The third-order valence-corrected chi connectivity index (χ3v) is 4.37. The molecule has 9 nitrogen and oxygen atoms in total. The molecule has 0 aliphatic rings. The average Bonchev–Trinajstić information content (AvgIpc) is 2.74. The molecule has 0 aromatic heterocycles. The van der Waals surface area contributed by atoms with Crippen molar-refractivity contribution in [2.45, 2.75) is 6.42 Å². The van der Waals surface area contributed by atoms with E-state index in [1.165, 1.54) is 12.1 Å². The Morgan fingerprint density at radius 3 is 2.56 bits per heavy atom. The van der Waals surface area contributed by atoms with E-state index in [1.807, 2.05) is 28.1 Å². The van der Waals surface area contributed by atoms with E-state index in [0.717, 1.165) is 18.3 Å². The van der Waals surface area contributed by atoms with Gasteiger partial charge in [-0.15, -0.1) is 0 Å². The highest BCUT2D eigenvalue weighted by atomic mass is 127. The number of halogens is 4. The molecule has 0 atom stereocenters. The minimum atomic E-state index is -1.51. The zero-order valence-electron chi connectivity index (χ0n) is 16.2. The molecule has 0 radical (unpaired) electrons. The number of aliphatic hydroxyl groups excluding tert-OH is 1. The van der Waals surface area contributed by atoms with Gasteiger partial charge in [0, 0.05) is 9.13 Å². The second-order valence-electron chi connectivity index (χ2n) is 5.98. The summed E-state index contributed by atoms with van der Waals surface area (Å²) in [6, 6.07) is 4.85. The Labute approximate surface area is 193 Å². The molecule has 0 aliphatic heterocycles. The molecule has 4 N–H and O–H groups in total. The monoisotopic (exact) mass is 567 g/mol. The Hall–Kier alpha value is -2.91. The first-order chi connectivity index (χ1) is 15.2. The lowest BCUT2D eigenvalue weighted by atomic mass is 10.1. The number of carbonyl (C=O) groups is 2. The molecule has 0 saturated carbocycles. The van der Waals surface area contributed by atoms with Crippen LogP contribution in [-0.2, 0) is 14.5 Å². The third kappa shape index (κ3) is 7.06. The smallest absolute Gasteiger partial charge is 0.306 e. The highest BCUT2D eigenvalue weighted by Crippen LogP contribution is 2.30. The van der Waals surface area contributed by atoms with Gasteiger partial charge in [0.25, 0.3) is 5.91 Å². The summed E-state index contributed by atoms with van der Waals surface area (Å²) >= 11 is 1.87. The van der Waals surface area contributed by atoms with Crippen molar-refractivity contribution in [1.82, 2.24) is 5.48 Å². The van der Waals surface area contributed by atoms with Crippen LogP contribution < -0.4 is 10.8 Å². The number of nitrogens with one attached hydrogen (secondary N) is 2. The van der Waals surface area contributed by atoms with Crippen LogP contribution in [0, 0.1) is 21.0 Å². The van der Waals surface area contributed by atoms with E-state index in [0.29, 0.717) is 3.57 Å². The maximum absolute atomic E-state index is 14.8. The Morgan fingerprint density at radius 1 is 1.16 bits per heavy atom. The van der Waals surface area contributed by atoms with Gasteiger partial charge in [0.05, 0.1) is 42.8 Å². The van der Waals surface area contributed by atoms with Crippen molar-refractivity contribution in [3.8, 4) is 0 Å². The molecular formula is C19H17F3IN3O6. The first-order valence-electron chi connectivity index (χ1n) is 8.88. The van der Waals surface area contributed by atoms with Gasteiger partial charge >= 0.3 is 5.97 Å². The fraction of sp³-hybridized carbons (Fsp3) is 0.211. The number of hydrogen-bond acceptors (Lipinski definition) is 7. The summed E-state index contributed by atoms with van der Waals surface area (Å²) in [6.45, 7) is -0.998. The number of aliphatic carboxylic acids is 1. The van der Waals surface area contributed by atoms with E-state index in [1.54, 1.807) is 0 Å². The standard InChI is InChI=1S/C19H17F3IN3O6/c20-13-8-11(23)1-2-14(13)25-18-12(19(30)26-32-6-4-27)7-10(16(21)17(18)22)9-24-31-5-3-15(28)29/h1-2,7-9,25,27H,3-6H2,(H,26,30)(H,28,29). The summed E-state index contributed by atoms with van der Waals surface area (Å²) < 4.78 is 44.2. The Balaban J connectivity index is 2.41. The van der Waals surface area contributed by atoms with E-state index in [2.05, 4.69) is 15.3 Å². The normalized spacial score (nSPS) is 10.9. The van der Waals surface area contributed by atoms with Gasteiger partial charge in [-0.05, 0) is 46.9 Å². The summed E-state index contributed by atoms with van der Waals surface area (Å²) in [4.78, 5) is 32.3. The molecule has 13 heteroatoms. The predicted octanol–water partition coefficient (Wildman–Crippen LogP) is 2.93. The van der Waals surface area contributed by atoms with Crippen molar-refractivity contribution in [3.63, 3.8) is 0 Å². The molecule has 0 aliphatic carbocycles. The van der Waals surface area contributed by atoms with Gasteiger partial charge in [-0.1, -0.05) is 5.16 Å². The summed E-state index contributed by atoms with van der Waals surface area (Å²) in [7, 11) is 0. The molecule has 0 fully saturated rings. The van der Waals surface area contributed by atoms with Gasteiger partial charge in [0.2, 0.25) is 0 Å². The predicted molar refractivity (Wildman–Crippen MR) is 115 cm³/mol. The largest absolute Gasteiger partial charge is 0.481 e. The molecule has 0 bridgehead atoms. The molecule has 32 heavy (non-hydrogen) atoms. The number of carbonyl (C=O) groups excluding carboxylic acids is 1. The van der Waals surface area contributed by atoms with Crippen LogP contribution in [0.15, 0.2) is 29.4 Å². The molecule has 0 saturated heterocycles. The molecule has 0 spiro atoms. The lowest BCUT2D eigenvalue weighted by molar-refractivity contribution is -0.138. The summed E-state index contributed by atoms with van der Waals surface area (Å²) in [5.74, 6) is -5.86. The second-order valence-corrected chi connectivity index (χ2v) is 7.23.